The van der Waals surface area contributed by atoms with Crippen LogP contribution in [0, 0.1) is 5.82 Å². The third kappa shape index (κ3) is 7.22. The summed E-state index contributed by atoms with van der Waals surface area (Å²) in [6, 6.07) is 3.40. The predicted octanol–water partition coefficient (Wildman–Crippen LogP) is 1.15. The summed E-state index contributed by atoms with van der Waals surface area (Å²) in [4.78, 5) is 23.9. The zero-order chi connectivity index (χ0) is 21.6. The van der Waals surface area contributed by atoms with Gasteiger partial charge < -0.3 is 15.4 Å². The number of nitrogens with one attached hydrogen (secondary N) is 2. The van der Waals surface area contributed by atoms with E-state index in [4.69, 9.17) is 16.3 Å². The van der Waals surface area contributed by atoms with Crippen molar-refractivity contribution in [2.24, 2.45) is 0 Å². The normalized spacial score (nSPS) is 20.3. The van der Waals surface area contributed by atoms with Crippen LogP contribution in [0.3, 0.4) is 0 Å². The number of sulfonamides is 1. The molecule has 8 nitrogen and oxygen atoms in total. The van der Waals surface area contributed by atoms with Crippen molar-refractivity contribution in [3.8, 4) is 0 Å². The van der Waals surface area contributed by atoms with Crippen LogP contribution in [0.15, 0.2) is 18.2 Å². The fraction of sp³-hybridized carbons (Fsp3) is 0.556. The topological polar surface area (TPSA) is 105 Å². The van der Waals surface area contributed by atoms with Gasteiger partial charge in [0.15, 0.2) is 0 Å². The second-order valence-electron chi connectivity index (χ2n) is 6.87. The SMILES string of the molecule is CC1CN(S(=O)(=O)CCNC(=O)CCNC(=O)c2ccc(F)cc2Cl)CC(C)O1. The Balaban J connectivity index is 1.71. The van der Waals surface area contributed by atoms with Crippen molar-refractivity contribution < 1.29 is 27.1 Å². The molecule has 2 amide bonds. The van der Waals surface area contributed by atoms with Crippen molar-refractivity contribution in [2.75, 3.05) is 31.9 Å². The lowest BCUT2D eigenvalue weighted by molar-refractivity contribution is -0.120. The first kappa shape index (κ1) is 23.5. The molecule has 1 aliphatic rings. The molecule has 1 heterocycles. The number of hydrogen-bond acceptors (Lipinski definition) is 5. The van der Waals surface area contributed by atoms with Gasteiger partial charge in [0.05, 0.1) is 28.5 Å². The number of halogens is 2. The van der Waals surface area contributed by atoms with Gasteiger partial charge in [-0.05, 0) is 32.0 Å². The Hall–Kier alpha value is -1.75. The van der Waals surface area contributed by atoms with E-state index in [0.29, 0.717) is 13.1 Å². The molecule has 2 N–H and O–H groups in total. The van der Waals surface area contributed by atoms with Gasteiger partial charge >= 0.3 is 0 Å². The maximum Gasteiger partial charge on any atom is 0.252 e. The first-order valence-electron chi connectivity index (χ1n) is 9.21. The summed E-state index contributed by atoms with van der Waals surface area (Å²) < 4.78 is 44.7. The summed E-state index contributed by atoms with van der Waals surface area (Å²) in [6.07, 6.45) is -0.390. The van der Waals surface area contributed by atoms with E-state index in [1.54, 1.807) is 0 Å². The molecule has 1 aromatic rings. The standard InChI is InChI=1S/C18H25ClFN3O5S/c1-12-10-23(11-13(2)28-12)29(26,27)8-7-21-17(24)5-6-22-18(25)15-4-3-14(20)9-16(15)19/h3-4,9,12-13H,5-8,10-11H2,1-2H3,(H,21,24)(H,22,25). The summed E-state index contributed by atoms with van der Waals surface area (Å²) >= 11 is 5.81. The molecule has 0 aliphatic carbocycles. The van der Waals surface area contributed by atoms with E-state index < -0.39 is 27.7 Å². The van der Waals surface area contributed by atoms with Crippen LogP contribution in [0.4, 0.5) is 4.39 Å². The fourth-order valence-electron chi connectivity index (χ4n) is 2.95. The van der Waals surface area contributed by atoms with Crippen molar-refractivity contribution in [3.63, 3.8) is 0 Å². The average molecular weight is 450 g/mol. The molecule has 1 fully saturated rings. The zero-order valence-corrected chi connectivity index (χ0v) is 17.9. The van der Waals surface area contributed by atoms with E-state index in [0.717, 1.165) is 12.1 Å². The van der Waals surface area contributed by atoms with Gasteiger partial charge in [-0.3, -0.25) is 9.59 Å². The molecule has 0 spiro atoms. The monoisotopic (exact) mass is 449 g/mol. The summed E-state index contributed by atoms with van der Waals surface area (Å²) in [7, 11) is -3.50. The van der Waals surface area contributed by atoms with Gasteiger partial charge in [-0.2, -0.15) is 4.31 Å². The lowest BCUT2D eigenvalue weighted by Crippen LogP contribution is -2.49. The molecule has 0 bridgehead atoms. The van der Waals surface area contributed by atoms with Crippen molar-refractivity contribution in [1.82, 2.24) is 14.9 Å². The highest BCUT2D eigenvalue weighted by molar-refractivity contribution is 7.89. The van der Waals surface area contributed by atoms with Gasteiger partial charge in [-0.15, -0.1) is 0 Å². The smallest absolute Gasteiger partial charge is 0.252 e. The average Bonchev–Trinajstić information content (AvgIpc) is 2.60. The molecule has 0 saturated carbocycles. The Labute approximate surface area is 174 Å². The van der Waals surface area contributed by atoms with Crippen molar-refractivity contribution >= 4 is 33.4 Å². The first-order chi connectivity index (χ1) is 13.6. The lowest BCUT2D eigenvalue weighted by Gasteiger charge is -2.34. The summed E-state index contributed by atoms with van der Waals surface area (Å²) in [6.45, 7) is 4.21. The minimum absolute atomic E-state index is 0.0242. The van der Waals surface area contributed by atoms with Crippen LogP contribution in [0.5, 0.6) is 0 Å². The van der Waals surface area contributed by atoms with E-state index in [1.165, 1.54) is 10.4 Å². The van der Waals surface area contributed by atoms with Crippen LogP contribution in [0.25, 0.3) is 0 Å². The Bertz CT molecular complexity index is 842. The summed E-state index contributed by atoms with van der Waals surface area (Å²) in [5.74, 6) is -1.69. The molecule has 29 heavy (non-hydrogen) atoms. The molecule has 1 aliphatic heterocycles. The molecule has 2 rings (SSSR count). The van der Waals surface area contributed by atoms with Crippen LogP contribution in [-0.2, 0) is 19.6 Å². The van der Waals surface area contributed by atoms with E-state index in [2.05, 4.69) is 10.6 Å². The van der Waals surface area contributed by atoms with E-state index in [1.807, 2.05) is 13.8 Å². The number of ether oxygens (including phenoxy) is 1. The minimum Gasteiger partial charge on any atom is -0.373 e. The molecule has 162 valence electrons. The number of hydrogen-bond donors (Lipinski definition) is 2. The Morgan fingerprint density at radius 2 is 1.86 bits per heavy atom. The fourth-order valence-corrected chi connectivity index (χ4v) is 4.70. The number of benzene rings is 1. The third-order valence-corrected chi connectivity index (χ3v) is 6.39. The van der Waals surface area contributed by atoms with Crippen LogP contribution in [0.2, 0.25) is 5.02 Å². The van der Waals surface area contributed by atoms with Gasteiger partial charge in [0, 0.05) is 32.6 Å². The molecule has 0 radical (unpaired) electrons. The van der Waals surface area contributed by atoms with E-state index >= 15 is 0 Å². The molecule has 11 heteroatoms. The molecule has 2 unspecified atom stereocenters. The number of carbonyl (C=O) groups excluding carboxylic acids is 2. The van der Waals surface area contributed by atoms with Gasteiger partial charge in [-0.1, -0.05) is 11.6 Å². The van der Waals surface area contributed by atoms with Crippen LogP contribution in [0.1, 0.15) is 30.6 Å². The highest BCUT2D eigenvalue weighted by Crippen LogP contribution is 2.17. The molecular weight excluding hydrogens is 425 g/mol. The Morgan fingerprint density at radius 3 is 2.48 bits per heavy atom. The van der Waals surface area contributed by atoms with Crippen LogP contribution < -0.4 is 10.6 Å². The predicted molar refractivity (Wildman–Crippen MR) is 107 cm³/mol. The zero-order valence-electron chi connectivity index (χ0n) is 16.3. The number of rotatable bonds is 8. The van der Waals surface area contributed by atoms with Gasteiger partial charge in [-0.25, -0.2) is 12.8 Å². The minimum atomic E-state index is -3.50. The maximum atomic E-state index is 13.0. The van der Waals surface area contributed by atoms with Crippen molar-refractivity contribution in [1.29, 1.82) is 0 Å². The molecule has 1 saturated heterocycles. The number of carbonyl (C=O) groups is 2. The molecular formula is C18H25ClFN3O5S. The van der Waals surface area contributed by atoms with Crippen molar-refractivity contribution in [3.05, 3.63) is 34.6 Å². The van der Waals surface area contributed by atoms with Gasteiger partial charge in [0.25, 0.3) is 5.91 Å². The summed E-state index contributed by atoms with van der Waals surface area (Å²) in [5, 5.41) is 5.02. The lowest BCUT2D eigenvalue weighted by atomic mass is 10.2. The number of amides is 2. The Kier molecular flexibility index (Phi) is 8.38. The maximum absolute atomic E-state index is 13.0. The number of morpholine rings is 1. The largest absolute Gasteiger partial charge is 0.373 e. The van der Waals surface area contributed by atoms with Crippen LogP contribution >= 0.6 is 11.6 Å². The van der Waals surface area contributed by atoms with Crippen LogP contribution in [-0.4, -0.2) is 68.7 Å². The van der Waals surface area contributed by atoms with Crippen molar-refractivity contribution in [2.45, 2.75) is 32.5 Å². The van der Waals surface area contributed by atoms with E-state index in [-0.39, 0.29) is 48.1 Å². The highest BCUT2D eigenvalue weighted by Gasteiger charge is 2.30. The number of nitrogens with zero attached hydrogens (tertiary/aromatic N) is 1. The molecule has 1 aromatic carbocycles. The van der Waals surface area contributed by atoms with Gasteiger partial charge in [0.2, 0.25) is 15.9 Å². The quantitative estimate of drug-likeness (QED) is 0.619. The van der Waals surface area contributed by atoms with E-state index in [9.17, 15) is 22.4 Å². The highest BCUT2D eigenvalue weighted by atomic mass is 35.5. The second-order valence-corrected chi connectivity index (χ2v) is 9.37. The molecule has 2 atom stereocenters. The first-order valence-corrected chi connectivity index (χ1v) is 11.2. The second kappa shape index (κ2) is 10.3. The summed E-state index contributed by atoms with van der Waals surface area (Å²) in [5.41, 5.74) is 0.105. The third-order valence-electron chi connectivity index (χ3n) is 4.28. The molecule has 0 aromatic heterocycles. The van der Waals surface area contributed by atoms with Gasteiger partial charge in [0.1, 0.15) is 5.82 Å². The Morgan fingerprint density at radius 1 is 1.21 bits per heavy atom.